The number of thioether (sulfide) groups is 1. The van der Waals surface area contributed by atoms with Crippen molar-refractivity contribution in [3.8, 4) is 0 Å². The first kappa shape index (κ1) is 14.2. The average Bonchev–Trinajstić information content (AvgIpc) is 2.92. The minimum absolute atomic E-state index is 0.210. The number of hydrogen-bond acceptors (Lipinski definition) is 5. The molecule has 4 atom stereocenters. The van der Waals surface area contributed by atoms with Gasteiger partial charge in [0.2, 0.25) is 0 Å². The summed E-state index contributed by atoms with van der Waals surface area (Å²) in [5.74, 6) is -0.829. The third kappa shape index (κ3) is 2.58. The average molecular weight is 304 g/mol. The molecule has 0 N–H and O–H groups in total. The highest BCUT2D eigenvalue weighted by atomic mass is 32.2. The van der Waals surface area contributed by atoms with Crippen molar-refractivity contribution in [3.63, 3.8) is 0 Å². The molecule has 5 heteroatoms. The van der Waals surface area contributed by atoms with Crippen LogP contribution in [0.15, 0.2) is 47.4 Å². The lowest BCUT2D eigenvalue weighted by molar-refractivity contribution is -0.149. The molecule has 0 radical (unpaired) electrons. The molecule has 2 heterocycles. The molecule has 0 bridgehead atoms. The Hall–Kier alpha value is -1.75. The second-order valence-electron chi connectivity index (χ2n) is 5.46. The predicted octanol–water partition coefficient (Wildman–Crippen LogP) is 2.58. The molecule has 0 aliphatic carbocycles. The van der Waals surface area contributed by atoms with Crippen LogP contribution in [0.1, 0.15) is 13.8 Å². The van der Waals surface area contributed by atoms with Crippen molar-refractivity contribution in [2.45, 2.75) is 35.7 Å². The van der Waals surface area contributed by atoms with Crippen molar-refractivity contribution in [1.82, 2.24) is 0 Å². The molecular weight excluding hydrogens is 288 g/mol. The van der Waals surface area contributed by atoms with Crippen LogP contribution in [0, 0.1) is 5.92 Å². The van der Waals surface area contributed by atoms with Gasteiger partial charge in [0, 0.05) is 11.0 Å². The Morgan fingerprint density at radius 1 is 1.19 bits per heavy atom. The Kier molecular flexibility index (Phi) is 3.53. The molecule has 0 amide bonds. The van der Waals surface area contributed by atoms with Crippen molar-refractivity contribution in [2.24, 2.45) is 5.92 Å². The van der Waals surface area contributed by atoms with E-state index < -0.39 is 5.60 Å². The van der Waals surface area contributed by atoms with E-state index in [4.69, 9.17) is 9.47 Å². The van der Waals surface area contributed by atoms with Gasteiger partial charge in [-0.2, -0.15) is 0 Å². The van der Waals surface area contributed by atoms with Gasteiger partial charge in [0.15, 0.2) is 0 Å². The van der Waals surface area contributed by atoms with Gasteiger partial charge < -0.3 is 9.47 Å². The van der Waals surface area contributed by atoms with E-state index in [1.807, 2.05) is 44.2 Å². The van der Waals surface area contributed by atoms with E-state index in [1.54, 1.807) is 6.08 Å². The summed E-state index contributed by atoms with van der Waals surface area (Å²) in [6.45, 7) is 3.68. The van der Waals surface area contributed by atoms with Crippen molar-refractivity contribution in [1.29, 1.82) is 0 Å². The zero-order chi connectivity index (χ0) is 15.0. The molecular formula is C16H16O4S. The fraction of sp³-hybridized carbons (Fsp3) is 0.375. The van der Waals surface area contributed by atoms with Crippen LogP contribution < -0.4 is 0 Å². The Balaban J connectivity index is 1.88. The highest BCUT2D eigenvalue weighted by molar-refractivity contribution is 8.00. The normalized spacial score (nSPS) is 34.9. The van der Waals surface area contributed by atoms with Crippen molar-refractivity contribution in [3.05, 3.63) is 42.5 Å². The highest BCUT2D eigenvalue weighted by Gasteiger charge is 2.54. The molecule has 2 aliphatic heterocycles. The van der Waals surface area contributed by atoms with Gasteiger partial charge in [0.1, 0.15) is 17.0 Å². The van der Waals surface area contributed by atoms with Gasteiger partial charge >= 0.3 is 11.9 Å². The van der Waals surface area contributed by atoms with Crippen LogP contribution in [0.4, 0.5) is 0 Å². The van der Waals surface area contributed by atoms with Crippen molar-refractivity contribution in [2.75, 3.05) is 0 Å². The van der Waals surface area contributed by atoms with E-state index in [0.717, 1.165) is 4.90 Å². The third-order valence-corrected chi connectivity index (χ3v) is 5.19. The zero-order valence-corrected chi connectivity index (χ0v) is 12.6. The van der Waals surface area contributed by atoms with Crippen LogP contribution in [0.2, 0.25) is 0 Å². The molecule has 1 fully saturated rings. The number of cyclic esters (lactones) is 2. The summed E-state index contributed by atoms with van der Waals surface area (Å²) >= 11 is 1.46. The topological polar surface area (TPSA) is 52.6 Å². The fourth-order valence-corrected chi connectivity index (χ4v) is 4.34. The first-order valence-corrected chi connectivity index (χ1v) is 7.72. The number of benzene rings is 1. The lowest BCUT2D eigenvalue weighted by Gasteiger charge is -2.32. The second-order valence-corrected chi connectivity index (χ2v) is 6.67. The maximum absolute atomic E-state index is 12.2. The van der Waals surface area contributed by atoms with E-state index in [-0.39, 0.29) is 29.2 Å². The van der Waals surface area contributed by atoms with Gasteiger partial charge in [-0.05, 0) is 32.1 Å². The van der Waals surface area contributed by atoms with Crippen LogP contribution in [-0.2, 0) is 19.1 Å². The van der Waals surface area contributed by atoms with Crippen LogP contribution in [0.3, 0.4) is 0 Å². The molecule has 1 saturated heterocycles. The molecule has 0 unspecified atom stereocenters. The van der Waals surface area contributed by atoms with Crippen LogP contribution in [0.5, 0.6) is 0 Å². The maximum atomic E-state index is 12.2. The van der Waals surface area contributed by atoms with Gasteiger partial charge in [-0.3, -0.25) is 4.79 Å². The van der Waals surface area contributed by atoms with E-state index in [0.29, 0.717) is 0 Å². The number of hydrogen-bond donors (Lipinski definition) is 0. The Bertz CT molecular complexity index is 598. The Morgan fingerprint density at radius 2 is 1.90 bits per heavy atom. The molecule has 3 rings (SSSR count). The van der Waals surface area contributed by atoms with Crippen LogP contribution in [0.25, 0.3) is 0 Å². The number of carbonyl (C=O) groups excluding carboxylic acids is 2. The first-order valence-electron chi connectivity index (χ1n) is 6.84. The van der Waals surface area contributed by atoms with E-state index in [2.05, 4.69) is 0 Å². The van der Waals surface area contributed by atoms with Gasteiger partial charge in [-0.15, -0.1) is 11.8 Å². The summed E-state index contributed by atoms with van der Waals surface area (Å²) in [7, 11) is 0. The van der Waals surface area contributed by atoms with Crippen molar-refractivity contribution >= 4 is 23.7 Å². The molecule has 0 saturated carbocycles. The van der Waals surface area contributed by atoms with Gasteiger partial charge in [0.05, 0.1) is 5.92 Å². The number of carbonyl (C=O) groups is 2. The first-order chi connectivity index (χ1) is 9.99. The molecule has 0 aromatic heterocycles. The van der Waals surface area contributed by atoms with E-state index in [9.17, 15) is 9.59 Å². The molecule has 2 aliphatic rings. The molecule has 110 valence electrons. The fourth-order valence-electron chi connectivity index (χ4n) is 2.95. The van der Waals surface area contributed by atoms with Crippen LogP contribution in [-0.4, -0.2) is 28.9 Å². The summed E-state index contributed by atoms with van der Waals surface area (Å²) in [4.78, 5) is 24.6. The second kappa shape index (κ2) is 5.22. The Morgan fingerprint density at radius 3 is 2.52 bits per heavy atom. The number of esters is 2. The number of rotatable bonds is 3. The Labute approximate surface area is 127 Å². The SMILES string of the molecule is C[C@@H]1OC(=O)[C@H](Sc2ccccc2)[C@H]1[C@@]1(C)C=CC(=O)O1. The molecule has 21 heavy (non-hydrogen) atoms. The summed E-state index contributed by atoms with van der Waals surface area (Å²) < 4.78 is 10.8. The molecule has 1 aromatic carbocycles. The minimum Gasteiger partial charge on any atom is -0.461 e. The molecule has 4 nitrogen and oxygen atoms in total. The quantitative estimate of drug-likeness (QED) is 0.803. The zero-order valence-electron chi connectivity index (χ0n) is 11.8. The lowest BCUT2D eigenvalue weighted by Crippen LogP contribution is -2.43. The van der Waals surface area contributed by atoms with Gasteiger partial charge in [0.25, 0.3) is 0 Å². The monoisotopic (exact) mass is 304 g/mol. The maximum Gasteiger partial charge on any atom is 0.331 e. The molecule has 0 spiro atoms. The highest BCUT2D eigenvalue weighted by Crippen LogP contribution is 2.45. The largest absolute Gasteiger partial charge is 0.461 e. The van der Waals surface area contributed by atoms with Crippen molar-refractivity contribution < 1.29 is 19.1 Å². The third-order valence-electron chi connectivity index (χ3n) is 3.91. The van der Waals surface area contributed by atoms with Gasteiger partial charge in [-0.25, -0.2) is 4.79 Å². The summed E-state index contributed by atoms with van der Waals surface area (Å²) in [5.41, 5.74) is -0.797. The summed E-state index contributed by atoms with van der Waals surface area (Å²) in [6, 6.07) is 9.70. The van der Waals surface area contributed by atoms with E-state index >= 15 is 0 Å². The van der Waals surface area contributed by atoms with E-state index in [1.165, 1.54) is 17.8 Å². The lowest BCUT2D eigenvalue weighted by atomic mass is 9.84. The minimum atomic E-state index is -0.797. The standard InChI is InChI=1S/C16H16O4S/c1-10-13(16(2)9-8-12(17)20-16)14(15(18)19-10)21-11-6-4-3-5-7-11/h3-10,13-14H,1-2H3/t10-,13-,14+,16+/m0/s1. The number of ether oxygens (including phenoxy) is 2. The summed E-state index contributed by atoms with van der Waals surface area (Å²) in [6.07, 6.45) is 2.86. The smallest absolute Gasteiger partial charge is 0.331 e. The molecule has 1 aromatic rings. The van der Waals surface area contributed by atoms with Gasteiger partial charge in [-0.1, -0.05) is 18.2 Å². The predicted molar refractivity (Wildman–Crippen MR) is 78.8 cm³/mol. The summed E-state index contributed by atoms with van der Waals surface area (Å²) in [5, 5.41) is -0.386. The van der Waals surface area contributed by atoms with Crippen LogP contribution >= 0.6 is 11.8 Å².